The van der Waals surface area contributed by atoms with Gasteiger partial charge in [0, 0.05) is 32.1 Å². The summed E-state index contributed by atoms with van der Waals surface area (Å²) in [6.07, 6.45) is 0.121. The second kappa shape index (κ2) is 7.00. The molecule has 2 aliphatic heterocycles. The number of hydrogen-bond donors (Lipinski definition) is 2. The predicted molar refractivity (Wildman–Crippen MR) is 99.0 cm³/mol. The number of rotatable bonds is 4. The van der Waals surface area contributed by atoms with Crippen molar-refractivity contribution in [1.29, 1.82) is 0 Å². The van der Waals surface area contributed by atoms with Crippen LogP contribution in [-0.2, 0) is 27.5 Å². The zero-order chi connectivity index (χ0) is 19.0. The van der Waals surface area contributed by atoms with Crippen LogP contribution in [-0.4, -0.2) is 48.9 Å². The normalized spacial score (nSPS) is 19.5. The van der Waals surface area contributed by atoms with Crippen molar-refractivity contribution in [2.75, 3.05) is 20.1 Å². The molecule has 2 N–H and O–H groups in total. The van der Waals surface area contributed by atoms with E-state index in [0.717, 1.165) is 21.9 Å². The first-order valence-electron chi connectivity index (χ1n) is 9.01. The van der Waals surface area contributed by atoms with Crippen LogP contribution in [0, 0.1) is 0 Å². The van der Waals surface area contributed by atoms with Crippen molar-refractivity contribution in [3.8, 4) is 0 Å². The molecule has 1 saturated heterocycles. The van der Waals surface area contributed by atoms with Crippen LogP contribution in [0.2, 0.25) is 0 Å². The Bertz CT molecular complexity index is 940. The molecule has 2 aliphatic rings. The lowest BCUT2D eigenvalue weighted by Gasteiger charge is -2.35. The summed E-state index contributed by atoms with van der Waals surface area (Å²) in [4.78, 5) is 38.3. The van der Waals surface area contributed by atoms with E-state index in [9.17, 15) is 14.4 Å². The molecule has 0 aliphatic carbocycles. The highest BCUT2D eigenvalue weighted by Crippen LogP contribution is 2.32. The third kappa shape index (κ3) is 3.14. The summed E-state index contributed by atoms with van der Waals surface area (Å²) in [5.74, 6) is -0.599. The maximum absolute atomic E-state index is 12.3. The molecule has 0 saturated carbocycles. The van der Waals surface area contributed by atoms with Crippen molar-refractivity contribution in [3.63, 3.8) is 0 Å². The van der Waals surface area contributed by atoms with Gasteiger partial charge in [0.2, 0.25) is 11.8 Å². The maximum atomic E-state index is 12.3. The van der Waals surface area contributed by atoms with Gasteiger partial charge in [-0.15, -0.1) is 0 Å². The number of ether oxygens (including phenoxy) is 1. The summed E-state index contributed by atoms with van der Waals surface area (Å²) in [7, 11) is 1.57. The van der Waals surface area contributed by atoms with Crippen molar-refractivity contribution >= 4 is 28.6 Å². The molecular weight excluding hydrogens is 346 g/mol. The highest BCUT2D eigenvalue weighted by Gasteiger charge is 2.32. The Labute approximate surface area is 156 Å². The molecule has 0 bridgehead atoms. The van der Waals surface area contributed by atoms with Crippen molar-refractivity contribution in [3.05, 3.63) is 47.0 Å². The fraction of sp³-hybridized carbons (Fsp3) is 0.350. The number of carbonyl (C=O) groups excluding carboxylic acids is 3. The first kappa shape index (κ1) is 17.5. The standard InChI is InChI=1S/C20H21N3O4/c1-21-17(24)9-16-19(25)22-7-8-23(16)10-12-5-6-13-11-27-20(26)15-4-2-3-14(12)18(13)15/h2-6,16H,7-11H2,1H3,(H,21,24)(H,22,25). The maximum Gasteiger partial charge on any atom is 0.339 e. The molecule has 7 heteroatoms. The fourth-order valence-electron chi connectivity index (χ4n) is 3.86. The minimum atomic E-state index is -0.505. The van der Waals surface area contributed by atoms with E-state index in [-0.39, 0.29) is 30.8 Å². The van der Waals surface area contributed by atoms with E-state index in [2.05, 4.69) is 10.6 Å². The van der Waals surface area contributed by atoms with Crippen LogP contribution in [0.1, 0.15) is 27.9 Å². The van der Waals surface area contributed by atoms with Gasteiger partial charge >= 0.3 is 5.97 Å². The van der Waals surface area contributed by atoms with Crippen LogP contribution in [0.4, 0.5) is 0 Å². The molecule has 0 aromatic heterocycles. The van der Waals surface area contributed by atoms with Gasteiger partial charge in [-0.25, -0.2) is 4.79 Å². The molecular formula is C20H21N3O4. The summed E-state index contributed by atoms with van der Waals surface area (Å²) in [6, 6.07) is 9.11. The van der Waals surface area contributed by atoms with Crippen molar-refractivity contribution < 1.29 is 19.1 Å². The number of piperazine rings is 1. The Morgan fingerprint density at radius 3 is 2.96 bits per heavy atom. The zero-order valence-electron chi connectivity index (χ0n) is 15.1. The topological polar surface area (TPSA) is 87.7 Å². The quantitative estimate of drug-likeness (QED) is 0.786. The molecule has 1 unspecified atom stereocenters. The number of cyclic esters (lactones) is 1. The lowest BCUT2D eigenvalue weighted by Crippen LogP contribution is -2.56. The lowest BCUT2D eigenvalue weighted by atomic mass is 9.93. The summed E-state index contributed by atoms with van der Waals surface area (Å²) in [6.45, 7) is 2.03. The Balaban J connectivity index is 1.70. The molecule has 0 radical (unpaired) electrons. The lowest BCUT2D eigenvalue weighted by molar-refractivity contribution is -0.134. The van der Waals surface area contributed by atoms with Gasteiger partial charge in [0.15, 0.2) is 0 Å². The molecule has 2 amide bonds. The summed E-state index contributed by atoms with van der Waals surface area (Å²) in [5.41, 5.74) is 2.60. The first-order chi connectivity index (χ1) is 13.1. The molecule has 4 rings (SSSR count). The van der Waals surface area contributed by atoms with Gasteiger partial charge in [-0.2, -0.15) is 0 Å². The number of nitrogens with one attached hydrogen (secondary N) is 2. The van der Waals surface area contributed by atoms with Crippen LogP contribution in [0.5, 0.6) is 0 Å². The Morgan fingerprint density at radius 2 is 2.15 bits per heavy atom. The zero-order valence-corrected chi connectivity index (χ0v) is 15.1. The third-order valence-electron chi connectivity index (χ3n) is 5.27. The number of esters is 1. The van der Waals surface area contributed by atoms with Gasteiger partial charge in [0.1, 0.15) is 6.61 Å². The highest BCUT2D eigenvalue weighted by atomic mass is 16.5. The predicted octanol–water partition coefficient (Wildman–Crippen LogP) is 0.947. The van der Waals surface area contributed by atoms with Gasteiger partial charge in [0.05, 0.1) is 18.0 Å². The van der Waals surface area contributed by atoms with Crippen LogP contribution >= 0.6 is 0 Å². The van der Waals surface area contributed by atoms with Crippen LogP contribution in [0.15, 0.2) is 30.3 Å². The van der Waals surface area contributed by atoms with Crippen molar-refractivity contribution in [2.24, 2.45) is 0 Å². The van der Waals surface area contributed by atoms with Gasteiger partial charge in [-0.1, -0.05) is 24.3 Å². The largest absolute Gasteiger partial charge is 0.457 e. The Morgan fingerprint density at radius 1 is 1.30 bits per heavy atom. The van der Waals surface area contributed by atoms with Crippen molar-refractivity contribution in [1.82, 2.24) is 15.5 Å². The molecule has 7 nitrogen and oxygen atoms in total. The summed E-state index contributed by atoms with van der Waals surface area (Å²) < 4.78 is 5.22. The monoisotopic (exact) mass is 367 g/mol. The molecule has 27 heavy (non-hydrogen) atoms. The van der Waals surface area contributed by atoms with E-state index in [4.69, 9.17) is 4.74 Å². The number of amides is 2. The number of carbonyl (C=O) groups is 3. The third-order valence-corrected chi connectivity index (χ3v) is 5.27. The number of benzene rings is 2. The summed E-state index contributed by atoms with van der Waals surface area (Å²) in [5, 5.41) is 7.34. The van der Waals surface area contributed by atoms with Gasteiger partial charge < -0.3 is 15.4 Å². The van der Waals surface area contributed by atoms with Gasteiger partial charge in [0.25, 0.3) is 0 Å². The molecule has 0 spiro atoms. The van der Waals surface area contributed by atoms with Gasteiger partial charge in [-0.3, -0.25) is 14.5 Å². The van der Waals surface area contributed by atoms with Crippen LogP contribution in [0.3, 0.4) is 0 Å². The van der Waals surface area contributed by atoms with Crippen LogP contribution in [0.25, 0.3) is 10.8 Å². The van der Waals surface area contributed by atoms with E-state index in [1.54, 1.807) is 13.1 Å². The number of nitrogens with zero attached hydrogens (tertiary/aromatic N) is 1. The Kier molecular flexibility index (Phi) is 4.53. The number of hydrogen-bond acceptors (Lipinski definition) is 5. The average molecular weight is 367 g/mol. The van der Waals surface area contributed by atoms with E-state index >= 15 is 0 Å². The van der Waals surface area contributed by atoms with Gasteiger partial charge in [-0.05, 0) is 22.6 Å². The van der Waals surface area contributed by atoms with Crippen molar-refractivity contribution in [2.45, 2.75) is 25.6 Å². The SMILES string of the molecule is CNC(=O)CC1C(=O)NCCN1Cc1ccc2c3c(cccc13)C(=O)OC2. The minimum Gasteiger partial charge on any atom is -0.457 e. The molecule has 1 atom stereocenters. The smallest absolute Gasteiger partial charge is 0.339 e. The summed E-state index contributed by atoms with van der Waals surface area (Å²) >= 11 is 0. The Hall–Kier alpha value is -2.93. The minimum absolute atomic E-state index is 0.121. The van der Waals surface area contributed by atoms with E-state index in [1.165, 1.54) is 0 Å². The molecule has 2 heterocycles. The first-order valence-corrected chi connectivity index (χ1v) is 9.01. The van der Waals surface area contributed by atoms with E-state index < -0.39 is 6.04 Å². The molecule has 2 aromatic rings. The fourth-order valence-corrected chi connectivity index (χ4v) is 3.86. The molecule has 2 aromatic carbocycles. The second-order valence-electron chi connectivity index (χ2n) is 6.84. The van der Waals surface area contributed by atoms with E-state index in [0.29, 0.717) is 25.2 Å². The average Bonchev–Trinajstić information content (AvgIpc) is 2.68. The van der Waals surface area contributed by atoms with Crippen LogP contribution < -0.4 is 10.6 Å². The molecule has 140 valence electrons. The molecule has 1 fully saturated rings. The second-order valence-corrected chi connectivity index (χ2v) is 6.84. The highest BCUT2D eigenvalue weighted by molar-refractivity contribution is 6.08. The van der Waals surface area contributed by atoms with E-state index in [1.807, 2.05) is 29.2 Å².